The van der Waals surface area contributed by atoms with Crippen LogP contribution in [0.2, 0.25) is 0 Å². The Hall–Kier alpha value is -0.640. The standard InChI is InChI=1S/C13H20BrN3/c1-10-9-13(16-11(2)15-10)17-8-4-6-12(17)5-3-7-14/h9,12H,3-8H2,1-2H3. The molecule has 17 heavy (non-hydrogen) atoms. The predicted octanol–water partition coefficient (Wildman–Crippen LogP) is 3.24. The van der Waals surface area contributed by atoms with Crippen LogP contribution in [0.1, 0.15) is 37.2 Å². The molecule has 2 heterocycles. The van der Waals surface area contributed by atoms with E-state index in [0.717, 1.165) is 29.2 Å². The number of aryl methyl sites for hydroxylation is 2. The summed E-state index contributed by atoms with van der Waals surface area (Å²) in [6.07, 6.45) is 5.09. The second kappa shape index (κ2) is 5.80. The van der Waals surface area contributed by atoms with Gasteiger partial charge >= 0.3 is 0 Å². The van der Waals surface area contributed by atoms with Gasteiger partial charge in [-0.15, -0.1) is 0 Å². The Morgan fingerprint density at radius 3 is 2.94 bits per heavy atom. The van der Waals surface area contributed by atoms with Crippen LogP contribution in [-0.2, 0) is 0 Å². The fraction of sp³-hybridized carbons (Fsp3) is 0.692. The van der Waals surface area contributed by atoms with Gasteiger partial charge in [0.05, 0.1) is 0 Å². The van der Waals surface area contributed by atoms with Crippen molar-refractivity contribution in [2.45, 2.75) is 45.6 Å². The molecule has 1 atom stereocenters. The van der Waals surface area contributed by atoms with E-state index in [4.69, 9.17) is 0 Å². The average Bonchev–Trinajstić information content (AvgIpc) is 2.73. The molecule has 0 radical (unpaired) electrons. The zero-order chi connectivity index (χ0) is 12.3. The first-order chi connectivity index (χ1) is 8.20. The van der Waals surface area contributed by atoms with Crippen molar-refractivity contribution in [3.63, 3.8) is 0 Å². The third-order valence-electron chi connectivity index (χ3n) is 3.29. The Labute approximate surface area is 112 Å². The van der Waals surface area contributed by atoms with E-state index >= 15 is 0 Å². The van der Waals surface area contributed by atoms with Gasteiger partial charge in [-0.2, -0.15) is 0 Å². The average molecular weight is 298 g/mol. The van der Waals surface area contributed by atoms with Crippen molar-refractivity contribution in [3.8, 4) is 0 Å². The predicted molar refractivity (Wildman–Crippen MR) is 74.9 cm³/mol. The van der Waals surface area contributed by atoms with Gasteiger partial charge in [0.2, 0.25) is 0 Å². The summed E-state index contributed by atoms with van der Waals surface area (Å²) in [5.74, 6) is 2.00. The Kier molecular flexibility index (Phi) is 4.37. The molecular formula is C13H20BrN3. The summed E-state index contributed by atoms with van der Waals surface area (Å²) in [6.45, 7) is 5.16. The number of aromatic nitrogens is 2. The highest BCUT2D eigenvalue weighted by Gasteiger charge is 2.25. The summed E-state index contributed by atoms with van der Waals surface area (Å²) >= 11 is 3.51. The van der Waals surface area contributed by atoms with E-state index in [1.165, 1.54) is 25.7 Å². The van der Waals surface area contributed by atoms with Crippen molar-refractivity contribution in [2.24, 2.45) is 0 Å². The summed E-state index contributed by atoms with van der Waals surface area (Å²) in [6, 6.07) is 2.78. The number of hydrogen-bond donors (Lipinski definition) is 0. The lowest BCUT2D eigenvalue weighted by Gasteiger charge is -2.26. The summed E-state index contributed by atoms with van der Waals surface area (Å²) in [4.78, 5) is 11.4. The van der Waals surface area contributed by atoms with Crippen molar-refractivity contribution in [1.29, 1.82) is 0 Å². The highest BCUT2D eigenvalue weighted by molar-refractivity contribution is 9.09. The van der Waals surface area contributed by atoms with E-state index in [0.29, 0.717) is 6.04 Å². The molecule has 0 spiro atoms. The molecule has 1 unspecified atom stereocenters. The molecule has 2 rings (SSSR count). The topological polar surface area (TPSA) is 29.0 Å². The minimum absolute atomic E-state index is 0.668. The number of hydrogen-bond acceptors (Lipinski definition) is 3. The molecule has 0 bridgehead atoms. The third kappa shape index (κ3) is 3.18. The van der Waals surface area contributed by atoms with Gasteiger partial charge in [0.1, 0.15) is 11.6 Å². The molecule has 0 saturated carbocycles. The zero-order valence-electron chi connectivity index (χ0n) is 10.6. The minimum atomic E-state index is 0.668. The fourth-order valence-corrected chi connectivity index (χ4v) is 2.92. The maximum absolute atomic E-state index is 4.58. The molecular weight excluding hydrogens is 278 g/mol. The van der Waals surface area contributed by atoms with Gasteiger partial charge in [0, 0.05) is 29.7 Å². The number of halogens is 1. The molecule has 0 aromatic carbocycles. The first kappa shape index (κ1) is 12.8. The zero-order valence-corrected chi connectivity index (χ0v) is 12.2. The number of nitrogens with zero attached hydrogens (tertiary/aromatic N) is 3. The molecule has 0 aliphatic carbocycles. The molecule has 1 aromatic heterocycles. The minimum Gasteiger partial charge on any atom is -0.354 e. The number of anilines is 1. The van der Waals surface area contributed by atoms with Gasteiger partial charge in [-0.1, -0.05) is 15.9 Å². The molecule has 1 saturated heterocycles. The van der Waals surface area contributed by atoms with Crippen LogP contribution < -0.4 is 4.90 Å². The highest BCUT2D eigenvalue weighted by Crippen LogP contribution is 2.27. The lowest BCUT2D eigenvalue weighted by atomic mass is 10.1. The van der Waals surface area contributed by atoms with E-state index in [1.54, 1.807) is 0 Å². The number of rotatable bonds is 4. The molecule has 0 N–H and O–H groups in total. The summed E-state index contributed by atoms with van der Waals surface area (Å²) < 4.78 is 0. The SMILES string of the molecule is Cc1cc(N2CCCC2CCCBr)nc(C)n1. The molecule has 1 fully saturated rings. The fourth-order valence-electron chi connectivity index (χ4n) is 2.59. The van der Waals surface area contributed by atoms with E-state index in [1.807, 2.05) is 13.8 Å². The smallest absolute Gasteiger partial charge is 0.132 e. The van der Waals surface area contributed by atoms with Gasteiger partial charge in [0.15, 0.2) is 0 Å². The van der Waals surface area contributed by atoms with Crippen LogP contribution in [0.4, 0.5) is 5.82 Å². The maximum atomic E-state index is 4.58. The van der Waals surface area contributed by atoms with Gasteiger partial charge in [-0.05, 0) is 39.5 Å². The van der Waals surface area contributed by atoms with Gasteiger partial charge in [-0.3, -0.25) is 0 Å². The Morgan fingerprint density at radius 1 is 1.41 bits per heavy atom. The second-order valence-electron chi connectivity index (χ2n) is 4.74. The van der Waals surface area contributed by atoms with Crippen molar-refractivity contribution < 1.29 is 0 Å². The van der Waals surface area contributed by atoms with E-state index in [9.17, 15) is 0 Å². The third-order valence-corrected chi connectivity index (χ3v) is 3.86. The Bertz CT molecular complexity index is 361. The van der Waals surface area contributed by atoms with E-state index in [-0.39, 0.29) is 0 Å². The van der Waals surface area contributed by atoms with Crippen LogP contribution in [0.3, 0.4) is 0 Å². The Morgan fingerprint density at radius 2 is 2.24 bits per heavy atom. The maximum Gasteiger partial charge on any atom is 0.132 e. The van der Waals surface area contributed by atoms with Crippen molar-refractivity contribution in [3.05, 3.63) is 17.6 Å². The normalized spacial score (nSPS) is 19.9. The molecule has 1 aliphatic rings. The summed E-state index contributed by atoms with van der Waals surface area (Å²) in [5, 5.41) is 1.10. The lowest BCUT2D eigenvalue weighted by Crippen LogP contribution is -2.30. The number of alkyl halides is 1. The molecule has 0 amide bonds. The van der Waals surface area contributed by atoms with Gasteiger partial charge in [-0.25, -0.2) is 9.97 Å². The Balaban J connectivity index is 2.14. The van der Waals surface area contributed by atoms with Crippen molar-refractivity contribution >= 4 is 21.7 Å². The van der Waals surface area contributed by atoms with Gasteiger partial charge in [0.25, 0.3) is 0 Å². The quantitative estimate of drug-likeness (QED) is 0.799. The van der Waals surface area contributed by atoms with Crippen LogP contribution in [0, 0.1) is 13.8 Å². The first-order valence-electron chi connectivity index (χ1n) is 6.35. The van der Waals surface area contributed by atoms with Crippen LogP contribution in [0.15, 0.2) is 6.07 Å². The van der Waals surface area contributed by atoms with E-state index < -0.39 is 0 Å². The van der Waals surface area contributed by atoms with Crippen molar-refractivity contribution in [2.75, 3.05) is 16.8 Å². The largest absolute Gasteiger partial charge is 0.354 e. The van der Waals surface area contributed by atoms with Crippen LogP contribution in [-0.4, -0.2) is 27.9 Å². The van der Waals surface area contributed by atoms with Crippen LogP contribution >= 0.6 is 15.9 Å². The molecule has 1 aliphatic heterocycles. The summed E-state index contributed by atoms with van der Waals surface area (Å²) in [7, 11) is 0. The first-order valence-corrected chi connectivity index (χ1v) is 7.48. The molecule has 94 valence electrons. The second-order valence-corrected chi connectivity index (χ2v) is 5.53. The van der Waals surface area contributed by atoms with Crippen LogP contribution in [0.5, 0.6) is 0 Å². The lowest BCUT2D eigenvalue weighted by molar-refractivity contribution is 0.599. The molecule has 3 nitrogen and oxygen atoms in total. The highest BCUT2D eigenvalue weighted by atomic mass is 79.9. The monoisotopic (exact) mass is 297 g/mol. The summed E-state index contributed by atoms with van der Waals surface area (Å²) in [5.41, 5.74) is 1.07. The van der Waals surface area contributed by atoms with Gasteiger partial charge < -0.3 is 4.90 Å². The molecule has 1 aromatic rings. The van der Waals surface area contributed by atoms with Crippen LogP contribution in [0.25, 0.3) is 0 Å². The van der Waals surface area contributed by atoms with Crippen molar-refractivity contribution in [1.82, 2.24) is 9.97 Å². The van der Waals surface area contributed by atoms with E-state index in [2.05, 4.69) is 36.9 Å². The molecule has 4 heteroatoms.